The third kappa shape index (κ3) is 3.40. The molecular weight excluding hydrogens is 312 g/mol. The lowest BCUT2D eigenvalue weighted by Gasteiger charge is -2.35. The topological polar surface area (TPSA) is 9.23 Å². The second kappa shape index (κ2) is 8.18. The smallest absolute Gasteiger partial charge is 0.0907 e. The van der Waals surface area contributed by atoms with E-state index in [-0.39, 0.29) is 4.75 Å². The van der Waals surface area contributed by atoms with Gasteiger partial charge in [0.25, 0.3) is 0 Å². The van der Waals surface area contributed by atoms with Crippen LogP contribution in [-0.2, 0) is 9.48 Å². The molecule has 0 N–H and O–H groups in total. The number of hydrogen-bond acceptors (Lipinski definition) is 2. The van der Waals surface area contributed by atoms with Crippen molar-refractivity contribution in [3.8, 4) is 0 Å². The van der Waals surface area contributed by atoms with Gasteiger partial charge in [0.15, 0.2) is 0 Å². The molecule has 0 saturated heterocycles. The van der Waals surface area contributed by atoms with Gasteiger partial charge in [0.05, 0.1) is 11.4 Å². The normalized spacial score (nSPS) is 11.4. The van der Waals surface area contributed by atoms with E-state index in [2.05, 4.69) is 91.0 Å². The Hall–Kier alpha value is -2.03. The maximum atomic E-state index is 5.32. The van der Waals surface area contributed by atoms with Crippen LogP contribution in [0.3, 0.4) is 0 Å². The molecule has 0 fully saturated rings. The monoisotopic (exact) mass is 334 g/mol. The number of thioether (sulfide) groups is 1. The molecule has 0 heterocycles. The maximum absolute atomic E-state index is 5.32. The molecule has 1 nitrogen and oxygen atoms in total. The van der Waals surface area contributed by atoms with Crippen molar-refractivity contribution in [1.29, 1.82) is 0 Å². The van der Waals surface area contributed by atoms with Crippen molar-refractivity contribution in [1.82, 2.24) is 0 Å². The van der Waals surface area contributed by atoms with Gasteiger partial charge in [0.2, 0.25) is 0 Å². The Bertz CT molecular complexity index is 629. The van der Waals surface area contributed by atoms with Crippen molar-refractivity contribution in [2.24, 2.45) is 0 Å². The summed E-state index contributed by atoms with van der Waals surface area (Å²) in [5.74, 6) is 0.926. The first-order valence-corrected chi connectivity index (χ1v) is 9.16. The van der Waals surface area contributed by atoms with E-state index in [0.717, 1.165) is 12.4 Å². The van der Waals surface area contributed by atoms with E-state index in [4.69, 9.17) is 4.74 Å². The Morgan fingerprint density at radius 1 is 0.667 bits per heavy atom. The van der Waals surface area contributed by atoms with Gasteiger partial charge >= 0.3 is 0 Å². The maximum Gasteiger partial charge on any atom is 0.0907 e. The van der Waals surface area contributed by atoms with E-state index in [1.54, 1.807) is 7.11 Å². The van der Waals surface area contributed by atoms with Gasteiger partial charge in [-0.3, -0.25) is 0 Å². The largest absolute Gasteiger partial charge is 0.384 e. The predicted molar refractivity (Wildman–Crippen MR) is 104 cm³/mol. The van der Waals surface area contributed by atoms with Crippen LogP contribution in [0.2, 0.25) is 0 Å². The molecule has 24 heavy (non-hydrogen) atoms. The zero-order valence-corrected chi connectivity index (χ0v) is 14.7. The minimum atomic E-state index is -0.234. The first-order chi connectivity index (χ1) is 11.9. The van der Waals surface area contributed by atoms with E-state index in [1.165, 1.54) is 16.7 Å². The van der Waals surface area contributed by atoms with Crippen LogP contribution >= 0.6 is 11.8 Å². The molecule has 3 aromatic rings. The van der Waals surface area contributed by atoms with Crippen LogP contribution in [0.1, 0.15) is 16.7 Å². The van der Waals surface area contributed by atoms with Crippen molar-refractivity contribution >= 4 is 11.8 Å². The van der Waals surface area contributed by atoms with Crippen LogP contribution in [0.5, 0.6) is 0 Å². The van der Waals surface area contributed by atoms with Crippen molar-refractivity contribution in [3.63, 3.8) is 0 Å². The second-order valence-electron chi connectivity index (χ2n) is 5.62. The van der Waals surface area contributed by atoms with E-state index < -0.39 is 0 Å². The van der Waals surface area contributed by atoms with Crippen molar-refractivity contribution in [2.45, 2.75) is 4.75 Å². The molecule has 0 saturated carbocycles. The van der Waals surface area contributed by atoms with Crippen LogP contribution in [-0.4, -0.2) is 19.5 Å². The third-order valence-electron chi connectivity index (χ3n) is 4.15. The third-order valence-corrected chi connectivity index (χ3v) is 5.66. The highest BCUT2D eigenvalue weighted by Gasteiger charge is 2.36. The van der Waals surface area contributed by atoms with Gasteiger partial charge in [-0.25, -0.2) is 0 Å². The molecule has 0 unspecified atom stereocenters. The molecule has 0 atom stereocenters. The molecule has 0 bridgehead atoms. The lowest BCUT2D eigenvalue weighted by atomic mass is 9.84. The van der Waals surface area contributed by atoms with Gasteiger partial charge in [-0.2, -0.15) is 0 Å². The molecule has 0 aromatic heterocycles. The molecule has 0 spiro atoms. The summed E-state index contributed by atoms with van der Waals surface area (Å²) in [5, 5.41) is 0. The van der Waals surface area contributed by atoms with Crippen LogP contribution in [0.25, 0.3) is 0 Å². The number of hydrogen-bond donors (Lipinski definition) is 0. The van der Waals surface area contributed by atoms with E-state index in [1.807, 2.05) is 11.8 Å². The number of methoxy groups -OCH3 is 1. The molecule has 0 amide bonds. The molecule has 122 valence electrons. The van der Waals surface area contributed by atoms with E-state index >= 15 is 0 Å². The highest BCUT2D eigenvalue weighted by molar-refractivity contribution is 8.00. The summed E-state index contributed by atoms with van der Waals surface area (Å²) >= 11 is 1.93. The molecule has 0 aliphatic carbocycles. The summed E-state index contributed by atoms with van der Waals surface area (Å²) in [6.07, 6.45) is 0. The van der Waals surface area contributed by atoms with Gasteiger partial charge in [0, 0.05) is 12.9 Å². The molecule has 0 radical (unpaired) electrons. The number of ether oxygens (including phenoxy) is 1. The standard InChI is InChI=1S/C22H22OS/c1-23-17-18-24-22(19-11-5-2-6-12-19,20-13-7-3-8-14-20)21-15-9-4-10-16-21/h2-16H,17-18H2,1H3. The molecular formula is C22H22OS. The summed E-state index contributed by atoms with van der Waals surface area (Å²) in [4.78, 5) is 0. The fourth-order valence-electron chi connectivity index (χ4n) is 3.05. The van der Waals surface area contributed by atoms with Gasteiger partial charge in [-0.05, 0) is 16.7 Å². The minimum Gasteiger partial charge on any atom is -0.384 e. The van der Waals surface area contributed by atoms with Crippen LogP contribution in [0, 0.1) is 0 Å². The summed E-state index contributed by atoms with van der Waals surface area (Å²) in [7, 11) is 1.76. The first kappa shape index (κ1) is 16.8. The Morgan fingerprint density at radius 2 is 1.04 bits per heavy atom. The lowest BCUT2D eigenvalue weighted by molar-refractivity contribution is 0.218. The zero-order chi connectivity index (χ0) is 16.7. The van der Waals surface area contributed by atoms with E-state index in [9.17, 15) is 0 Å². The zero-order valence-electron chi connectivity index (χ0n) is 13.9. The first-order valence-electron chi connectivity index (χ1n) is 8.17. The predicted octanol–water partition coefficient (Wildman–Crippen LogP) is 5.36. The Balaban J connectivity index is 2.20. The highest BCUT2D eigenvalue weighted by Crippen LogP contribution is 2.48. The van der Waals surface area contributed by atoms with Crippen molar-refractivity contribution in [3.05, 3.63) is 108 Å². The van der Waals surface area contributed by atoms with Gasteiger partial charge < -0.3 is 4.74 Å². The molecule has 2 heteroatoms. The van der Waals surface area contributed by atoms with Gasteiger partial charge in [-0.15, -0.1) is 11.8 Å². The lowest BCUT2D eigenvalue weighted by Crippen LogP contribution is -2.26. The highest BCUT2D eigenvalue weighted by atomic mass is 32.2. The minimum absolute atomic E-state index is 0.234. The molecule has 3 rings (SSSR count). The average Bonchev–Trinajstić information content (AvgIpc) is 2.68. The van der Waals surface area contributed by atoms with Gasteiger partial charge in [-0.1, -0.05) is 91.0 Å². The van der Waals surface area contributed by atoms with Crippen molar-refractivity contribution in [2.75, 3.05) is 19.5 Å². The average molecular weight is 334 g/mol. The Morgan fingerprint density at radius 3 is 1.38 bits per heavy atom. The quantitative estimate of drug-likeness (QED) is 0.425. The Kier molecular flexibility index (Phi) is 5.73. The summed E-state index contributed by atoms with van der Waals surface area (Å²) in [5.41, 5.74) is 3.88. The fourth-order valence-corrected chi connectivity index (χ4v) is 4.51. The summed E-state index contributed by atoms with van der Waals surface area (Å²) in [6.45, 7) is 0.735. The molecule has 0 aliphatic rings. The second-order valence-corrected chi connectivity index (χ2v) is 6.93. The fraction of sp³-hybridized carbons (Fsp3) is 0.182. The number of rotatable bonds is 7. The van der Waals surface area contributed by atoms with Crippen LogP contribution < -0.4 is 0 Å². The van der Waals surface area contributed by atoms with E-state index in [0.29, 0.717) is 0 Å². The summed E-state index contributed by atoms with van der Waals surface area (Å²) < 4.78 is 5.09. The van der Waals surface area contributed by atoms with Crippen LogP contribution in [0.4, 0.5) is 0 Å². The van der Waals surface area contributed by atoms with Crippen LogP contribution in [0.15, 0.2) is 91.0 Å². The number of benzene rings is 3. The molecule has 0 aliphatic heterocycles. The SMILES string of the molecule is COCCSC(c1ccccc1)(c1ccccc1)c1ccccc1. The Labute approximate surface area is 148 Å². The molecule has 3 aromatic carbocycles. The summed E-state index contributed by atoms with van der Waals surface area (Å²) in [6, 6.07) is 32.3. The van der Waals surface area contributed by atoms with Gasteiger partial charge in [0.1, 0.15) is 0 Å². The van der Waals surface area contributed by atoms with Crippen molar-refractivity contribution < 1.29 is 4.74 Å².